The third-order valence-corrected chi connectivity index (χ3v) is 2.46. The molecule has 1 unspecified atom stereocenters. The van der Waals surface area contributed by atoms with Crippen LogP contribution in [0.25, 0.3) is 0 Å². The van der Waals surface area contributed by atoms with Crippen LogP contribution in [0, 0.1) is 5.82 Å². The fourth-order valence-corrected chi connectivity index (χ4v) is 1.70. The molecule has 0 bridgehead atoms. The second-order valence-corrected chi connectivity index (χ2v) is 4.01. The minimum atomic E-state index is -0.237. The number of hydrogen-bond donors (Lipinski definition) is 1. The summed E-state index contributed by atoms with van der Waals surface area (Å²) in [6, 6.07) is 4.61. The SMILES string of the molecule is CCCC(C)Oc1ccc(F)cc1CCN. The van der Waals surface area contributed by atoms with Crippen molar-refractivity contribution in [2.24, 2.45) is 5.73 Å². The molecule has 3 heteroatoms. The lowest BCUT2D eigenvalue weighted by molar-refractivity contribution is 0.207. The molecule has 0 amide bonds. The Labute approximate surface area is 96.6 Å². The Morgan fingerprint density at radius 3 is 2.81 bits per heavy atom. The van der Waals surface area contributed by atoms with Crippen LogP contribution in [0.15, 0.2) is 18.2 Å². The second kappa shape index (κ2) is 6.48. The molecular formula is C13H20FNO. The zero-order valence-corrected chi connectivity index (χ0v) is 10.0. The summed E-state index contributed by atoms with van der Waals surface area (Å²) < 4.78 is 18.8. The molecule has 90 valence electrons. The summed E-state index contributed by atoms with van der Waals surface area (Å²) in [6.45, 7) is 4.65. The topological polar surface area (TPSA) is 35.2 Å². The molecule has 1 aromatic carbocycles. The van der Waals surface area contributed by atoms with Crippen molar-refractivity contribution >= 4 is 0 Å². The van der Waals surface area contributed by atoms with E-state index in [0.717, 1.165) is 24.2 Å². The first-order valence-electron chi connectivity index (χ1n) is 5.82. The number of ether oxygens (including phenoxy) is 1. The van der Waals surface area contributed by atoms with Crippen molar-refractivity contribution in [2.45, 2.75) is 39.2 Å². The predicted octanol–water partition coefficient (Wildman–Crippen LogP) is 2.89. The van der Waals surface area contributed by atoms with Gasteiger partial charge in [-0.2, -0.15) is 0 Å². The fourth-order valence-electron chi connectivity index (χ4n) is 1.70. The highest BCUT2D eigenvalue weighted by Gasteiger charge is 2.08. The first-order valence-corrected chi connectivity index (χ1v) is 5.82. The Balaban J connectivity index is 2.77. The van der Waals surface area contributed by atoms with Crippen molar-refractivity contribution in [2.75, 3.05) is 6.54 Å². The van der Waals surface area contributed by atoms with Gasteiger partial charge in [0.15, 0.2) is 0 Å². The highest BCUT2D eigenvalue weighted by Crippen LogP contribution is 2.22. The van der Waals surface area contributed by atoms with Crippen LogP contribution >= 0.6 is 0 Å². The van der Waals surface area contributed by atoms with Gasteiger partial charge < -0.3 is 10.5 Å². The minimum Gasteiger partial charge on any atom is -0.490 e. The van der Waals surface area contributed by atoms with Crippen LogP contribution in [-0.4, -0.2) is 12.6 Å². The summed E-state index contributed by atoms with van der Waals surface area (Å²) in [5, 5.41) is 0. The molecule has 1 rings (SSSR count). The van der Waals surface area contributed by atoms with Gasteiger partial charge in [0.05, 0.1) is 6.10 Å². The molecule has 0 radical (unpaired) electrons. The lowest BCUT2D eigenvalue weighted by Gasteiger charge is -2.16. The van der Waals surface area contributed by atoms with E-state index in [1.807, 2.05) is 6.92 Å². The predicted molar refractivity (Wildman–Crippen MR) is 64.2 cm³/mol. The molecule has 0 aromatic heterocycles. The van der Waals surface area contributed by atoms with Crippen LogP contribution in [-0.2, 0) is 6.42 Å². The van der Waals surface area contributed by atoms with E-state index in [-0.39, 0.29) is 11.9 Å². The van der Waals surface area contributed by atoms with E-state index >= 15 is 0 Å². The second-order valence-electron chi connectivity index (χ2n) is 4.01. The van der Waals surface area contributed by atoms with Crippen molar-refractivity contribution in [1.29, 1.82) is 0 Å². The Morgan fingerprint density at radius 1 is 1.44 bits per heavy atom. The Hall–Kier alpha value is -1.09. The fraction of sp³-hybridized carbons (Fsp3) is 0.538. The van der Waals surface area contributed by atoms with Gasteiger partial charge in [0.2, 0.25) is 0 Å². The smallest absolute Gasteiger partial charge is 0.123 e. The molecule has 0 aliphatic rings. The third kappa shape index (κ3) is 3.81. The van der Waals surface area contributed by atoms with E-state index in [2.05, 4.69) is 6.92 Å². The van der Waals surface area contributed by atoms with Gasteiger partial charge in [-0.25, -0.2) is 4.39 Å². The number of halogens is 1. The van der Waals surface area contributed by atoms with Crippen molar-refractivity contribution in [3.05, 3.63) is 29.6 Å². The van der Waals surface area contributed by atoms with Gasteiger partial charge >= 0.3 is 0 Å². The van der Waals surface area contributed by atoms with Gasteiger partial charge in [-0.3, -0.25) is 0 Å². The van der Waals surface area contributed by atoms with Crippen LogP contribution < -0.4 is 10.5 Å². The average Bonchev–Trinajstić information content (AvgIpc) is 2.23. The van der Waals surface area contributed by atoms with E-state index in [9.17, 15) is 4.39 Å². The van der Waals surface area contributed by atoms with Crippen LogP contribution in [0.1, 0.15) is 32.3 Å². The molecule has 0 saturated carbocycles. The van der Waals surface area contributed by atoms with Gasteiger partial charge in [0.1, 0.15) is 11.6 Å². The van der Waals surface area contributed by atoms with Gasteiger partial charge in [0.25, 0.3) is 0 Å². The Kier molecular flexibility index (Phi) is 5.26. The number of hydrogen-bond acceptors (Lipinski definition) is 2. The first kappa shape index (κ1) is 13.0. The average molecular weight is 225 g/mol. The van der Waals surface area contributed by atoms with E-state index in [1.54, 1.807) is 6.07 Å². The minimum absolute atomic E-state index is 0.159. The normalized spacial score (nSPS) is 12.5. The molecule has 2 N–H and O–H groups in total. The number of rotatable bonds is 6. The van der Waals surface area contributed by atoms with Crippen molar-refractivity contribution in [3.63, 3.8) is 0 Å². The van der Waals surface area contributed by atoms with E-state index in [1.165, 1.54) is 12.1 Å². The molecule has 1 aromatic rings. The lowest BCUT2D eigenvalue weighted by Crippen LogP contribution is -2.13. The summed E-state index contributed by atoms with van der Waals surface area (Å²) in [6.07, 6.45) is 2.88. The molecule has 0 aliphatic carbocycles. The van der Waals surface area contributed by atoms with Crippen LogP contribution in [0.5, 0.6) is 5.75 Å². The van der Waals surface area contributed by atoms with E-state index < -0.39 is 0 Å². The van der Waals surface area contributed by atoms with E-state index in [0.29, 0.717) is 13.0 Å². The van der Waals surface area contributed by atoms with Gasteiger partial charge in [-0.15, -0.1) is 0 Å². The van der Waals surface area contributed by atoms with Gasteiger partial charge in [-0.1, -0.05) is 13.3 Å². The maximum absolute atomic E-state index is 13.1. The third-order valence-electron chi connectivity index (χ3n) is 2.46. The summed E-state index contributed by atoms with van der Waals surface area (Å²) in [7, 11) is 0. The molecular weight excluding hydrogens is 205 g/mol. The summed E-state index contributed by atoms with van der Waals surface area (Å²) in [4.78, 5) is 0. The molecule has 0 spiro atoms. The number of nitrogens with two attached hydrogens (primary N) is 1. The standard InChI is InChI=1S/C13H20FNO/c1-3-4-10(2)16-13-6-5-12(14)9-11(13)7-8-15/h5-6,9-10H,3-4,7-8,15H2,1-2H3. The van der Waals surface area contributed by atoms with Gasteiger partial charge in [-0.05, 0) is 50.1 Å². The van der Waals surface area contributed by atoms with Crippen LogP contribution in [0.3, 0.4) is 0 Å². The van der Waals surface area contributed by atoms with Crippen molar-refractivity contribution < 1.29 is 9.13 Å². The monoisotopic (exact) mass is 225 g/mol. The summed E-state index contributed by atoms with van der Waals surface area (Å²) >= 11 is 0. The first-order chi connectivity index (χ1) is 7.67. The Morgan fingerprint density at radius 2 is 2.19 bits per heavy atom. The summed E-state index contributed by atoms with van der Waals surface area (Å²) in [5.41, 5.74) is 6.34. The maximum atomic E-state index is 13.1. The largest absolute Gasteiger partial charge is 0.490 e. The molecule has 1 atom stereocenters. The van der Waals surface area contributed by atoms with Gasteiger partial charge in [0, 0.05) is 0 Å². The molecule has 0 saturated heterocycles. The molecule has 0 fully saturated rings. The van der Waals surface area contributed by atoms with Crippen LogP contribution in [0.2, 0.25) is 0 Å². The van der Waals surface area contributed by atoms with E-state index in [4.69, 9.17) is 10.5 Å². The Bertz CT molecular complexity index is 328. The molecule has 2 nitrogen and oxygen atoms in total. The highest BCUT2D eigenvalue weighted by molar-refractivity contribution is 5.34. The number of benzene rings is 1. The molecule has 0 aliphatic heterocycles. The van der Waals surface area contributed by atoms with Crippen molar-refractivity contribution in [1.82, 2.24) is 0 Å². The zero-order chi connectivity index (χ0) is 12.0. The van der Waals surface area contributed by atoms with Crippen molar-refractivity contribution in [3.8, 4) is 5.75 Å². The lowest BCUT2D eigenvalue weighted by atomic mass is 10.1. The molecule has 16 heavy (non-hydrogen) atoms. The maximum Gasteiger partial charge on any atom is 0.123 e. The summed E-state index contributed by atoms with van der Waals surface area (Å²) in [5.74, 6) is 0.520. The molecule has 0 heterocycles. The quantitative estimate of drug-likeness (QED) is 0.808. The van der Waals surface area contributed by atoms with Crippen LogP contribution in [0.4, 0.5) is 4.39 Å². The zero-order valence-electron chi connectivity index (χ0n) is 10.0. The highest BCUT2D eigenvalue weighted by atomic mass is 19.1.